The number of unbranched alkanes of at least 4 members (excludes halogenated alkanes) is 6. The van der Waals surface area contributed by atoms with Gasteiger partial charge in [0.15, 0.2) is 11.4 Å². The number of nitrogens with one attached hydrogen (secondary N) is 1. The molecule has 30 nitrogen and oxygen atoms in total. The molecule has 0 fully saturated rings. The van der Waals surface area contributed by atoms with Crippen LogP contribution in [0.5, 0.6) is 0 Å². The van der Waals surface area contributed by atoms with E-state index in [1.165, 1.54) is 58.2 Å². The van der Waals surface area contributed by atoms with Crippen LogP contribution in [0.1, 0.15) is 167 Å². The van der Waals surface area contributed by atoms with Gasteiger partial charge in [-0.15, -0.1) is 25.3 Å². The molecule has 0 saturated carbocycles. The number of nitrogen functional groups attached to an aromatic ring is 1. The molecule has 38 heteroatoms. The summed E-state index contributed by atoms with van der Waals surface area (Å²) >= 11 is 6.92. The van der Waals surface area contributed by atoms with E-state index in [4.69, 9.17) is 56.8 Å². The van der Waals surface area contributed by atoms with Crippen molar-refractivity contribution in [3.63, 3.8) is 0 Å². The van der Waals surface area contributed by atoms with Gasteiger partial charge in [-0.05, 0) is 186 Å². The Hall–Kier alpha value is -9.51. The van der Waals surface area contributed by atoms with Crippen LogP contribution < -0.4 is 50.4 Å². The molecular weight excluding hydrogens is 1820 g/mol. The van der Waals surface area contributed by atoms with Crippen molar-refractivity contribution in [1.82, 2.24) is 0 Å². The SMILES string of the molecule is CCCCC[N+]1=C(/C=C/C2=C(Cl)C(=C/C=C3/N(CCCCS(=O)(=O)O)c4ccc(S(=O)(=O)O)cc4C3(C)C)/OC2)C(C)(C)c2ccccc21.CCCCC[N+]1=C(/C=C/C2=C(Nc3ccc(CCOC=O)cc3)C(=C/C=C3/N(CCCCS(=O)(=O)O)c4ccc(S(=O)(=O)[O-])cc4C3(C)C)/OC2)C(C)(C)c2ccccc21.Nc1ccc(CCOC=O)cc1.O=S(=O)=O.O=S(=O)=O.[Na+]. The molecule has 130 heavy (non-hydrogen) atoms. The number of carbonyl (C=O) groups excluding carboxylic acids is 2. The maximum absolute atomic E-state index is 12.1. The standard InChI is InChI=1S/C46H55N3O9S2.C37H45ClN2O7S2.C9H11NO2.Na.2O3S/c1-6-7-10-26-48-39-14-9-8-13-37(39)45(2,3)42(48)23-17-34-31-58-41(44(34)47-35-18-15-33(16-19-35)25-28-57-32-50)22-24-43-46(4,5)38-30-36(60(54,55)56)20-21-40(38)49(43)27-11-12-29-59(51,52)53;1-6-7-10-21-39-30-14-9-8-13-28(30)36(2,3)33(39)19-15-26-25-47-32(35(26)38)18-20-34-37(4,5)29-24-27(49(44,45)46)16-17-31(29)40(34)22-11-12-23-48(41,42)43;10-9-3-1-8(2-4-9)5-6-12-7-11;;2*1-4(2)3/h8-9,13-24,30,32H,6-7,10-12,25-29,31H2,1-5H3,(H2,51,52,53,54,55,56);8-9,13-20,24H,6-7,10-12,21-23,25H2,1-5H3,(H-,41,42,43,44,45,46);1-4,7H,5-6,10H2;;;/q;;;+1;;/p+1/b41-22-,43-24+;;;;;. The van der Waals surface area contributed by atoms with Crippen molar-refractivity contribution in [2.24, 2.45) is 0 Å². The molecule has 6 heterocycles. The second-order valence-corrected chi connectivity index (χ2v) is 40.3. The maximum Gasteiger partial charge on any atom is 1.00 e. The smallest absolute Gasteiger partial charge is 0.744 e. The summed E-state index contributed by atoms with van der Waals surface area (Å²) in [5, 5.41) is 4.11. The van der Waals surface area contributed by atoms with Crippen molar-refractivity contribution < 1.29 is 144 Å². The number of ether oxygens (including phenoxy) is 4. The number of rotatable bonds is 36. The predicted molar refractivity (Wildman–Crippen MR) is 494 cm³/mol. The fourth-order valence-corrected chi connectivity index (χ4v) is 18.6. The number of allylic oxidation sites excluding steroid dienone is 9. The number of hydrogen-bond acceptors (Lipinski definition) is 25. The van der Waals surface area contributed by atoms with Gasteiger partial charge in [0.1, 0.15) is 47.9 Å². The minimum atomic E-state index is -4.73. The summed E-state index contributed by atoms with van der Waals surface area (Å²) in [6.07, 6.45) is 25.4. The topological polar surface area (TPSA) is 444 Å². The molecule has 0 atom stereocenters. The Bertz CT molecular complexity index is 6150. The third kappa shape index (κ3) is 29.2. The maximum atomic E-state index is 12.1. The molecule has 696 valence electrons. The Morgan fingerprint density at radius 3 is 1.33 bits per heavy atom. The summed E-state index contributed by atoms with van der Waals surface area (Å²) in [4.78, 5) is 23.9. The van der Waals surface area contributed by atoms with Crippen LogP contribution in [0.3, 0.4) is 0 Å². The van der Waals surface area contributed by atoms with Crippen molar-refractivity contribution in [3.05, 3.63) is 260 Å². The monoisotopic (exact) mass is 1930 g/mol. The minimum absolute atomic E-state index is 0. The van der Waals surface area contributed by atoms with Crippen LogP contribution in [0, 0.1) is 0 Å². The van der Waals surface area contributed by atoms with E-state index in [9.17, 15) is 61.5 Å². The fraction of sp³-hybridized carbons (Fsp3) is 0.391. The number of carbonyl (C=O) groups is 2. The van der Waals surface area contributed by atoms with E-state index in [0.717, 1.165) is 114 Å². The predicted octanol–water partition coefficient (Wildman–Crippen LogP) is 11.9. The zero-order valence-electron chi connectivity index (χ0n) is 74.6. The molecule has 0 unspecified atom stereocenters. The molecule has 6 N–H and O–H groups in total. The molecule has 0 saturated heterocycles. The molecule has 6 aliphatic heterocycles. The van der Waals surface area contributed by atoms with Crippen LogP contribution in [-0.2, 0) is 125 Å². The van der Waals surface area contributed by atoms with E-state index in [2.05, 4.69) is 128 Å². The van der Waals surface area contributed by atoms with Gasteiger partial charge in [0.25, 0.3) is 43.3 Å². The van der Waals surface area contributed by atoms with E-state index in [0.29, 0.717) is 98.5 Å². The van der Waals surface area contributed by atoms with Crippen molar-refractivity contribution in [3.8, 4) is 0 Å². The largest absolute Gasteiger partial charge is 1.00 e. The van der Waals surface area contributed by atoms with Crippen LogP contribution in [0.25, 0.3) is 0 Å². The van der Waals surface area contributed by atoms with Crippen LogP contribution in [-0.4, -0.2) is 175 Å². The Morgan fingerprint density at radius 2 is 0.908 bits per heavy atom. The summed E-state index contributed by atoms with van der Waals surface area (Å²) in [6, 6.07) is 41.3. The van der Waals surface area contributed by atoms with E-state index >= 15 is 0 Å². The minimum Gasteiger partial charge on any atom is -0.744 e. The molecule has 0 amide bonds. The van der Waals surface area contributed by atoms with Crippen molar-refractivity contribution in [2.75, 3.05) is 85.0 Å². The number of anilines is 4. The number of hydrogen-bond donors (Lipinski definition) is 5. The van der Waals surface area contributed by atoms with Gasteiger partial charge in [0, 0.05) is 130 Å². The van der Waals surface area contributed by atoms with E-state index in [1.807, 2.05) is 110 Å². The summed E-state index contributed by atoms with van der Waals surface area (Å²) in [7, 11) is -23.6. The first-order valence-electron chi connectivity index (χ1n) is 41.8. The first kappa shape index (κ1) is 108. The average molecular weight is 1940 g/mol. The first-order chi connectivity index (χ1) is 60.7. The molecule has 0 bridgehead atoms. The van der Waals surface area contributed by atoms with Gasteiger partial charge >= 0.3 is 50.8 Å². The van der Waals surface area contributed by atoms with E-state index in [1.54, 1.807) is 18.2 Å². The molecule has 0 aliphatic carbocycles. The number of halogens is 1. The molecule has 6 aromatic carbocycles. The van der Waals surface area contributed by atoms with Crippen molar-refractivity contribution in [1.29, 1.82) is 0 Å². The van der Waals surface area contributed by atoms with Crippen LogP contribution in [0.4, 0.5) is 34.1 Å². The quantitative estimate of drug-likeness (QED) is 0.00609. The number of nitrogens with zero attached hydrogens (tertiary/aromatic N) is 4. The fourth-order valence-electron chi connectivity index (χ4n) is 16.3. The van der Waals surface area contributed by atoms with E-state index in [-0.39, 0.29) is 81.1 Å². The van der Waals surface area contributed by atoms with Crippen LogP contribution >= 0.6 is 11.6 Å². The molecule has 6 aliphatic rings. The Kier molecular flexibility index (Phi) is 39.5. The van der Waals surface area contributed by atoms with Gasteiger partial charge in [-0.2, -0.15) is 34.4 Å². The molecule has 12 rings (SSSR count). The second kappa shape index (κ2) is 47.7. The summed E-state index contributed by atoms with van der Waals surface area (Å²) in [6.45, 7) is 26.1. The summed E-state index contributed by atoms with van der Waals surface area (Å²) in [5.41, 5.74) is 21.7. The zero-order valence-corrected chi connectivity index (χ0v) is 82.3. The second-order valence-electron chi connectivity index (χ2n) is 33.2. The van der Waals surface area contributed by atoms with Gasteiger partial charge < -0.3 is 44.4 Å². The van der Waals surface area contributed by atoms with Crippen molar-refractivity contribution in [2.45, 2.75) is 178 Å². The van der Waals surface area contributed by atoms with Gasteiger partial charge in [-0.3, -0.25) is 23.2 Å². The third-order valence-corrected chi connectivity index (χ3v) is 26.5. The molecule has 6 aromatic rings. The van der Waals surface area contributed by atoms with Crippen LogP contribution in [0.15, 0.2) is 237 Å². The number of para-hydroxylation sites is 2. The molecule has 0 aromatic heterocycles. The first-order valence-corrected chi connectivity index (χ1v) is 50.3. The third-order valence-electron chi connectivity index (χ3n) is 22.8. The van der Waals surface area contributed by atoms with Gasteiger partial charge in [-0.25, -0.2) is 8.42 Å². The normalized spacial score (nSPS) is 17.3. The van der Waals surface area contributed by atoms with Crippen molar-refractivity contribution >= 4 is 132 Å². The zero-order chi connectivity index (χ0) is 95.0. The molecule has 0 spiro atoms. The number of benzene rings is 6. The summed E-state index contributed by atoms with van der Waals surface area (Å²) < 4.78 is 212. The van der Waals surface area contributed by atoms with E-state index < -0.39 is 72.5 Å². The molecular formula is C92H112ClN6NaO24S6+2. The van der Waals surface area contributed by atoms with Gasteiger partial charge in [0.2, 0.25) is 11.4 Å². The van der Waals surface area contributed by atoms with Gasteiger partial charge in [-0.1, -0.05) is 127 Å². The van der Waals surface area contributed by atoms with Gasteiger partial charge in [0.05, 0.1) is 56.1 Å². The molecule has 0 radical (unpaired) electrons. The summed E-state index contributed by atoms with van der Waals surface area (Å²) in [5.74, 6) is 0.337. The van der Waals surface area contributed by atoms with Crippen LogP contribution in [0.2, 0.25) is 0 Å². The Balaban J connectivity index is 0.000000294. The number of nitrogens with two attached hydrogens (primary N) is 1. The Morgan fingerprint density at radius 1 is 0.508 bits per heavy atom. The average Bonchev–Trinajstić information content (AvgIpc) is 1.61. The number of fused-ring (bicyclic) bond motifs is 4. The Labute approximate surface area is 792 Å².